The summed E-state index contributed by atoms with van der Waals surface area (Å²) < 4.78 is 16.5. The lowest BCUT2D eigenvalue weighted by Gasteiger charge is -2.25. The van der Waals surface area contributed by atoms with Gasteiger partial charge in [-0.05, 0) is 50.8 Å². The third kappa shape index (κ3) is 3.56. The summed E-state index contributed by atoms with van der Waals surface area (Å²) >= 11 is 0. The molecule has 8 heteroatoms. The first kappa shape index (κ1) is 19.8. The van der Waals surface area contributed by atoms with E-state index >= 15 is 0 Å². The molecule has 1 saturated carbocycles. The summed E-state index contributed by atoms with van der Waals surface area (Å²) in [4.78, 5) is 16.5. The fraction of sp³-hybridized carbons (Fsp3) is 0.542. The lowest BCUT2D eigenvalue weighted by Crippen LogP contribution is -2.26. The van der Waals surface area contributed by atoms with Crippen molar-refractivity contribution in [1.82, 2.24) is 24.6 Å². The molecule has 32 heavy (non-hydrogen) atoms. The summed E-state index contributed by atoms with van der Waals surface area (Å²) in [7, 11) is 0. The van der Waals surface area contributed by atoms with E-state index in [0.717, 1.165) is 54.1 Å². The largest absolute Gasteiger partial charge is 0.488 e. The van der Waals surface area contributed by atoms with E-state index in [1.165, 1.54) is 12.8 Å². The van der Waals surface area contributed by atoms with Gasteiger partial charge in [-0.3, -0.25) is 9.48 Å². The van der Waals surface area contributed by atoms with Crippen LogP contribution in [0.15, 0.2) is 30.7 Å². The molecule has 2 saturated heterocycles. The van der Waals surface area contributed by atoms with Gasteiger partial charge < -0.3 is 19.4 Å². The molecule has 1 N–H and O–H groups in total. The number of hydrogen-bond donors (Lipinski definition) is 1. The topological polar surface area (TPSA) is 83.2 Å². The lowest BCUT2D eigenvalue weighted by molar-refractivity contribution is -0.119. The predicted octanol–water partition coefficient (Wildman–Crippen LogP) is 3.49. The number of hydrogen-bond acceptors (Lipinski definition) is 5. The van der Waals surface area contributed by atoms with Crippen LogP contribution in [0, 0.1) is 5.92 Å². The number of carbonyl (C=O) groups excluding carboxylic acids is 1. The monoisotopic (exact) mass is 435 g/mol. The van der Waals surface area contributed by atoms with E-state index in [2.05, 4.69) is 44.8 Å². The second kappa shape index (κ2) is 7.92. The number of carbonyl (C=O) groups is 1. The van der Waals surface area contributed by atoms with Crippen molar-refractivity contribution in [3.8, 4) is 17.0 Å². The molecule has 0 spiro atoms. The summed E-state index contributed by atoms with van der Waals surface area (Å²) in [6.07, 6.45) is 8.56. The van der Waals surface area contributed by atoms with E-state index in [0.29, 0.717) is 25.0 Å². The Bertz CT molecular complexity index is 1140. The molecule has 0 radical (unpaired) electrons. The Morgan fingerprint density at radius 3 is 2.78 bits per heavy atom. The number of ether oxygens (including phenoxy) is 2. The average Bonchev–Trinajstić information content (AvgIpc) is 3.19. The van der Waals surface area contributed by atoms with E-state index in [1.54, 1.807) is 0 Å². The number of aromatic nitrogens is 4. The van der Waals surface area contributed by atoms with Crippen LogP contribution in [-0.4, -0.2) is 51.1 Å². The molecule has 2 atom stereocenters. The maximum Gasteiger partial charge on any atom is 0.220 e. The summed E-state index contributed by atoms with van der Waals surface area (Å²) in [5.74, 6) is 1.12. The quantitative estimate of drug-likeness (QED) is 0.641. The Morgan fingerprint density at radius 1 is 1.19 bits per heavy atom. The molecular weight excluding hydrogens is 406 g/mol. The molecule has 1 aromatic carbocycles. The number of nitrogens with zero attached hydrogens (tertiary/aromatic N) is 4. The van der Waals surface area contributed by atoms with Gasteiger partial charge in [0, 0.05) is 49.9 Å². The Morgan fingerprint density at radius 2 is 2.03 bits per heavy atom. The van der Waals surface area contributed by atoms with Gasteiger partial charge in [-0.1, -0.05) is 0 Å². The van der Waals surface area contributed by atoms with Crippen LogP contribution in [0.2, 0.25) is 0 Å². The highest BCUT2D eigenvalue weighted by Gasteiger charge is 2.31. The second-order valence-corrected chi connectivity index (χ2v) is 9.32. The fourth-order valence-corrected chi connectivity index (χ4v) is 5.02. The number of benzene rings is 1. The first-order valence-corrected chi connectivity index (χ1v) is 11.7. The van der Waals surface area contributed by atoms with Crippen LogP contribution in [-0.2, 0) is 9.53 Å². The zero-order valence-electron chi connectivity index (χ0n) is 18.4. The van der Waals surface area contributed by atoms with E-state index in [9.17, 15) is 4.79 Å². The van der Waals surface area contributed by atoms with Crippen LogP contribution < -0.4 is 10.1 Å². The van der Waals surface area contributed by atoms with Gasteiger partial charge in [-0.25, -0.2) is 4.98 Å². The number of nitrogens with one attached hydrogen (secondary N) is 1. The minimum atomic E-state index is -0.0737. The molecule has 1 amide bonds. The van der Waals surface area contributed by atoms with E-state index in [1.807, 2.05) is 12.5 Å². The summed E-state index contributed by atoms with van der Waals surface area (Å²) in [6.45, 7) is 4.28. The van der Waals surface area contributed by atoms with Crippen molar-refractivity contribution in [1.29, 1.82) is 0 Å². The van der Waals surface area contributed by atoms with Crippen molar-refractivity contribution in [2.45, 2.75) is 57.2 Å². The number of imidazole rings is 1. The third-order valence-electron chi connectivity index (χ3n) is 7.06. The highest BCUT2D eigenvalue weighted by molar-refractivity contribution is 5.88. The molecule has 3 aliphatic rings. The van der Waals surface area contributed by atoms with Gasteiger partial charge in [0.15, 0.2) is 0 Å². The second-order valence-electron chi connectivity index (χ2n) is 9.32. The minimum absolute atomic E-state index is 0.0737. The lowest BCUT2D eigenvalue weighted by atomic mass is 10.0. The van der Waals surface area contributed by atoms with Gasteiger partial charge in [0.1, 0.15) is 17.4 Å². The molecule has 2 aromatic heterocycles. The molecule has 2 unspecified atom stereocenters. The van der Waals surface area contributed by atoms with Crippen LogP contribution in [0.1, 0.15) is 51.1 Å². The molecule has 3 fully saturated rings. The first-order valence-electron chi connectivity index (χ1n) is 11.7. The first-order chi connectivity index (χ1) is 15.7. The van der Waals surface area contributed by atoms with E-state index < -0.39 is 0 Å². The van der Waals surface area contributed by atoms with Crippen LogP contribution in [0.25, 0.3) is 22.3 Å². The van der Waals surface area contributed by atoms with Gasteiger partial charge in [0.25, 0.3) is 0 Å². The third-order valence-corrected chi connectivity index (χ3v) is 7.06. The summed E-state index contributed by atoms with van der Waals surface area (Å²) in [5, 5.41) is 7.58. The number of fused-ring (bicyclic) bond motifs is 1. The van der Waals surface area contributed by atoms with E-state index in [4.69, 9.17) is 14.5 Å². The fourth-order valence-electron chi connectivity index (χ4n) is 5.02. The molecule has 6 rings (SSSR count). The number of rotatable bonds is 6. The molecule has 168 valence electrons. The van der Waals surface area contributed by atoms with Gasteiger partial charge >= 0.3 is 0 Å². The van der Waals surface area contributed by atoms with Crippen molar-refractivity contribution in [3.63, 3.8) is 0 Å². The van der Waals surface area contributed by atoms with Crippen LogP contribution in [0.5, 0.6) is 5.75 Å². The smallest absolute Gasteiger partial charge is 0.220 e. The SMILES string of the molecule is CC(Oc1cc(-c2ccnn2C2CCOCC2)cc2ncn(C3CC3)c12)C1CNC(=O)C1. The molecule has 0 bridgehead atoms. The van der Waals surface area contributed by atoms with Crippen molar-refractivity contribution in [2.24, 2.45) is 5.92 Å². The number of amides is 1. The normalized spacial score (nSPS) is 22.9. The average molecular weight is 436 g/mol. The van der Waals surface area contributed by atoms with Gasteiger partial charge in [0.2, 0.25) is 5.91 Å². The van der Waals surface area contributed by atoms with Crippen LogP contribution >= 0.6 is 0 Å². The zero-order valence-corrected chi connectivity index (χ0v) is 18.4. The minimum Gasteiger partial charge on any atom is -0.488 e. The van der Waals surface area contributed by atoms with Crippen molar-refractivity contribution >= 4 is 16.9 Å². The summed E-state index contributed by atoms with van der Waals surface area (Å²) in [5.41, 5.74) is 4.13. The molecule has 3 aromatic rings. The van der Waals surface area contributed by atoms with Gasteiger partial charge in [-0.2, -0.15) is 5.10 Å². The Balaban J connectivity index is 1.40. The highest BCUT2D eigenvalue weighted by Crippen LogP contribution is 2.42. The molecule has 2 aliphatic heterocycles. The Labute approximate surface area is 186 Å². The van der Waals surface area contributed by atoms with Crippen molar-refractivity contribution < 1.29 is 14.3 Å². The van der Waals surface area contributed by atoms with Crippen LogP contribution in [0.4, 0.5) is 0 Å². The predicted molar refractivity (Wildman–Crippen MR) is 120 cm³/mol. The molecule has 4 heterocycles. The van der Waals surface area contributed by atoms with Crippen molar-refractivity contribution in [3.05, 3.63) is 30.7 Å². The zero-order chi connectivity index (χ0) is 21.7. The molecule has 8 nitrogen and oxygen atoms in total. The standard InChI is InChI=1S/C24H29N5O3/c1-15(17-12-23(30)25-13-17)32-22-11-16(10-20-24(22)28(14-26-20)18-2-3-18)21-4-7-27-29(21)19-5-8-31-9-6-19/h4,7,10-11,14-15,17-19H,2-3,5-6,8-9,12-13H2,1H3,(H,25,30). The van der Waals surface area contributed by atoms with Crippen molar-refractivity contribution in [2.75, 3.05) is 19.8 Å². The van der Waals surface area contributed by atoms with Gasteiger partial charge in [-0.15, -0.1) is 0 Å². The van der Waals surface area contributed by atoms with E-state index in [-0.39, 0.29) is 17.9 Å². The molecular formula is C24H29N5O3. The maximum atomic E-state index is 11.7. The Hall–Kier alpha value is -2.87. The maximum absolute atomic E-state index is 11.7. The highest BCUT2D eigenvalue weighted by atomic mass is 16.5. The van der Waals surface area contributed by atoms with Gasteiger partial charge in [0.05, 0.1) is 23.6 Å². The summed E-state index contributed by atoms with van der Waals surface area (Å²) in [6, 6.07) is 7.20. The Kier molecular flexibility index (Phi) is 4.90. The van der Waals surface area contributed by atoms with Crippen LogP contribution in [0.3, 0.4) is 0 Å². The molecule has 1 aliphatic carbocycles.